The molecule has 0 aliphatic rings. The topological polar surface area (TPSA) is 46.2 Å². The summed E-state index contributed by atoms with van der Waals surface area (Å²) in [7, 11) is -3.97. The van der Waals surface area contributed by atoms with Gasteiger partial charge in [-0.05, 0) is 53.2 Å². The van der Waals surface area contributed by atoms with Crippen LogP contribution in [0.4, 0.5) is 14.5 Å². The molecule has 0 unspecified atom stereocenters. The fourth-order valence-corrected chi connectivity index (χ4v) is 2.95. The zero-order valence-corrected chi connectivity index (χ0v) is 12.7. The molecule has 0 radical (unpaired) electrons. The van der Waals surface area contributed by atoms with Crippen molar-refractivity contribution in [3.8, 4) is 0 Å². The molecule has 2 aromatic carbocycles. The van der Waals surface area contributed by atoms with Crippen molar-refractivity contribution in [1.29, 1.82) is 0 Å². The van der Waals surface area contributed by atoms with Crippen LogP contribution in [0.1, 0.15) is 5.56 Å². The number of sulfonamides is 1. The molecule has 0 atom stereocenters. The van der Waals surface area contributed by atoms with Gasteiger partial charge in [0, 0.05) is 5.56 Å². The molecule has 0 heterocycles. The van der Waals surface area contributed by atoms with Gasteiger partial charge < -0.3 is 0 Å². The molecule has 2 rings (SSSR count). The molecule has 106 valence electrons. The van der Waals surface area contributed by atoms with Gasteiger partial charge in [-0.15, -0.1) is 0 Å². The maximum absolute atomic E-state index is 13.4. The molecule has 0 amide bonds. The van der Waals surface area contributed by atoms with Crippen LogP contribution in [0.3, 0.4) is 0 Å². The van der Waals surface area contributed by atoms with Gasteiger partial charge in [0.2, 0.25) is 0 Å². The van der Waals surface area contributed by atoms with Crippen LogP contribution in [-0.2, 0) is 10.0 Å². The molecule has 0 fully saturated rings. The summed E-state index contributed by atoms with van der Waals surface area (Å²) < 4.78 is 53.4. The molecule has 1 N–H and O–H groups in total. The molecule has 0 saturated heterocycles. The third kappa shape index (κ3) is 2.99. The average molecular weight is 362 g/mol. The standard InChI is InChI=1S/C13H10BrF2NO2S/c1-8-11(15)3-2-4-13(8)17-20(18,19)9-5-6-10(14)12(16)7-9/h2-7,17H,1H3. The Morgan fingerprint density at radius 3 is 2.45 bits per heavy atom. The van der Waals surface area contributed by atoms with Crippen molar-refractivity contribution >= 4 is 31.6 Å². The summed E-state index contributed by atoms with van der Waals surface area (Å²) in [5.74, 6) is -1.21. The number of hydrogen-bond donors (Lipinski definition) is 1. The zero-order chi connectivity index (χ0) is 14.9. The Labute approximate surface area is 123 Å². The molecule has 0 saturated carbocycles. The second kappa shape index (κ2) is 5.49. The Kier molecular flexibility index (Phi) is 4.10. The van der Waals surface area contributed by atoms with Crippen molar-refractivity contribution in [3.63, 3.8) is 0 Å². The number of hydrogen-bond acceptors (Lipinski definition) is 2. The molecular weight excluding hydrogens is 352 g/mol. The molecule has 2 aromatic rings. The van der Waals surface area contributed by atoms with Gasteiger partial charge in [0.25, 0.3) is 10.0 Å². The van der Waals surface area contributed by atoms with Crippen LogP contribution in [0.2, 0.25) is 0 Å². The minimum atomic E-state index is -3.97. The van der Waals surface area contributed by atoms with E-state index in [2.05, 4.69) is 20.7 Å². The minimum Gasteiger partial charge on any atom is -0.279 e. The first kappa shape index (κ1) is 14.9. The van der Waals surface area contributed by atoms with E-state index in [-0.39, 0.29) is 20.6 Å². The Bertz CT molecular complexity index is 763. The van der Waals surface area contributed by atoms with Crippen molar-refractivity contribution in [2.75, 3.05) is 4.72 Å². The lowest BCUT2D eigenvalue weighted by atomic mass is 10.2. The van der Waals surface area contributed by atoms with Crippen molar-refractivity contribution in [2.45, 2.75) is 11.8 Å². The second-order valence-corrected chi connectivity index (χ2v) is 6.63. The highest BCUT2D eigenvalue weighted by molar-refractivity contribution is 9.10. The van der Waals surface area contributed by atoms with Gasteiger partial charge >= 0.3 is 0 Å². The smallest absolute Gasteiger partial charge is 0.262 e. The quantitative estimate of drug-likeness (QED) is 0.902. The van der Waals surface area contributed by atoms with E-state index in [9.17, 15) is 17.2 Å². The Balaban J connectivity index is 2.41. The van der Waals surface area contributed by atoms with Gasteiger partial charge in [-0.1, -0.05) is 6.07 Å². The van der Waals surface area contributed by atoms with Gasteiger partial charge in [0.15, 0.2) is 0 Å². The lowest BCUT2D eigenvalue weighted by molar-refractivity contribution is 0.593. The van der Waals surface area contributed by atoms with Gasteiger partial charge in [0.1, 0.15) is 11.6 Å². The third-order valence-electron chi connectivity index (χ3n) is 2.71. The highest BCUT2D eigenvalue weighted by Crippen LogP contribution is 2.24. The van der Waals surface area contributed by atoms with E-state index in [0.29, 0.717) is 0 Å². The number of nitrogens with one attached hydrogen (secondary N) is 1. The van der Waals surface area contributed by atoms with Gasteiger partial charge in [-0.2, -0.15) is 0 Å². The van der Waals surface area contributed by atoms with Crippen molar-refractivity contribution < 1.29 is 17.2 Å². The van der Waals surface area contributed by atoms with Crippen molar-refractivity contribution in [3.05, 3.63) is 58.1 Å². The van der Waals surface area contributed by atoms with E-state index in [1.165, 1.54) is 37.3 Å². The third-order valence-corrected chi connectivity index (χ3v) is 4.72. The Hall–Kier alpha value is -1.47. The maximum atomic E-state index is 13.4. The molecule has 0 aliphatic carbocycles. The fourth-order valence-electron chi connectivity index (χ4n) is 1.57. The van der Waals surface area contributed by atoms with E-state index < -0.39 is 21.7 Å². The molecule has 0 aromatic heterocycles. The molecular formula is C13H10BrF2NO2S. The number of rotatable bonds is 3. The van der Waals surface area contributed by atoms with Crippen LogP contribution >= 0.6 is 15.9 Å². The number of halogens is 3. The second-order valence-electron chi connectivity index (χ2n) is 4.09. The van der Waals surface area contributed by atoms with Gasteiger partial charge in [-0.3, -0.25) is 4.72 Å². The van der Waals surface area contributed by atoms with Crippen LogP contribution in [0.15, 0.2) is 45.8 Å². The number of benzene rings is 2. The monoisotopic (exact) mass is 361 g/mol. The van der Waals surface area contributed by atoms with Crippen LogP contribution in [0, 0.1) is 18.6 Å². The van der Waals surface area contributed by atoms with Gasteiger partial charge in [0.05, 0.1) is 15.1 Å². The minimum absolute atomic E-state index is 0.119. The van der Waals surface area contributed by atoms with Crippen molar-refractivity contribution in [1.82, 2.24) is 0 Å². The normalized spacial score (nSPS) is 11.4. The zero-order valence-electron chi connectivity index (χ0n) is 10.3. The SMILES string of the molecule is Cc1c(F)cccc1NS(=O)(=O)c1ccc(Br)c(F)c1. The summed E-state index contributed by atoms with van der Waals surface area (Å²) in [6.07, 6.45) is 0. The predicted molar refractivity (Wildman–Crippen MR) is 76.0 cm³/mol. The number of anilines is 1. The van der Waals surface area contributed by atoms with Crippen LogP contribution in [0.5, 0.6) is 0 Å². The molecule has 0 aliphatic heterocycles. The van der Waals surface area contributed by atoms with Gasteiger partial charge in [-0.25, -0.2) is 17.2 Å². The molecule has 3 nitrogen and oxygen atoms in total. The summed E-state index contributed by atoms with van der Waals surface area (Å²) >= 11 is 2.94. The van der Waals surface area contributed by atoms with E-state index in [0.717, 1.165) is 6.07 Å². The summed E-state index contributed by atoms with van der Waals surface area (Å²) in [5.41, 5.74) is 0.294. The summed E-state index contributed by atoms with van der Waals surface area (Å²) in [6.45, 7) is 1.45. The summed E-state index contributed by atoms with van der Waals surface area (Å²) in [5, 5.41) is 0. The Morgan fingerprint density at radius 1 is 1.10 bits per heavy atom. The van der Waals surface area contributed by atoms with E-state index in [1.54, 1.807) is 0 Å². The summed E-state index contributed by atoms with van der Waals surface area (Å²) in [6, 6.07) is 7.49. The van der Waals surface area contributed by atoms with Crippen LogP contribution < -0.4 is 4.72 Å². The summed E-state index contributed by atoms with van der Waals surface area (Å²) in [4.78, 5) is -0.234. The first-order valence-electron chi connectivity index (χ1n) is 5.54. The molecule has 0 bridgehead atoms. The molecule has 7 heteroatoms. The first-order chi connectivity index (χ1) is 9.31. The largest absolute Gasteiger partial charge is 0.279 e. The van der Waals surface area contributed by atoms with Crippen LogP contribution in [0.25, 0.3) is 0 Å². The maximum Gasteiger partial charge on any atom is 0.262 e. The van der Waals surface area contributed by atoms with Crippen LogP contribution in [-0.4, -0.2) is 8.42 Å². The first-order valence-corrected chi connectivity index (χ1v) is 7.82. The van der Waals surface area contributed by atoms with E-state index in [4.69, 9.17) is 0 Å². The average Bonchev–Trinajstić information content (AvgIpc) is 2.38. The lowest BCUT2D eigenvalue weighted by Gasteiger charge is -2.11. The van der Waals surface area contributed by atoms with E-state index >= 15 is 0 Å². The van der Waals surface area contributed by atoms with Crippen molar-refractivity contribution in [2.24, 2.45) is 0 Å². The Morgan fingerprint density at radius 2 is 1.80 bits per heavy atom. The highest BCUT2D eigenvalue weighted by atomic mass is 79.9. The highest BCUT2D eigenvalue weighted by Gasteiger charge is 2.17. The fraction of sp³-hybridized carbons (Fsp3) is 0.0769. The molecule has 0 spiro atoms. The lowest BCUT2D eigenvalue weighted by Crippen LogP contribution is -2.14. The molecule has 20 heavy (non-hydrogen) atoms. The van der Waals surface area contributed by atoms with E-state index in [1.807, 2.05) is 0 Å². The predicted octanol–water partition coefficient (Wildman–Crippen LogP) is 3.84.